The van der Waals surface area contributed by atoms with E-state index in [0.717, 1.165) is 0 Å². The molecule has 8 heteroatoms. The Hall–Kier alpha value is -3.00. The Balaban J connectivity index is 1.55. The van der Waals surface area contributed by atoms with Crippen LogP contribution in [0.5, 0.6) is 0 Å². The molecule has 0 fully saturated rings. The van der Waals surface area contributed by atoms with Crippen LogP contribution in [0.1, 0.15) is 6.42 Å². The van der Waals surface area contributed by atoms with Gasteiger partial charge in [-0.15, -0.1) is 11.3 Å². The summed E-state index contributed by atoms with van der Waals surface area (Å²) in [5.41, 5.74) is 1.13. The normalized spacial score (nSPS) is 13.6. The number of hydrogen-bond donors (Lipinski definition) is 1. The van der Waals surface area contributed by atoms with Crippen LogP contribution in [0, 0.1) is 0 Å². The van der Waals surface area contributed by atoms with Gasteiger partial charge in [-0.3, -0.25) is 19.0 Å². The first-order valence-electron chi connectivity index (χ1n) is 7.75. The number of anilines is 2. The molecule has 0 saturated heterocycles. The molecule has 7 nitrogen and oxygen atoms in total. The fraction of sp³-hybridized carbons (Fsp3) is 0.176. The second-order valence-electron chi connectivity index (χ2n) is 5.68. The number of aryl methyl sites for hydroxylation is 1. The van der Waals surface area contributed by atoms with E-state index in [4.69, 9.17) is 0 Å². The van der Waals surface area contributed by atoms with E-state index in [9.17, 15) is 14.4 Å². The molecular weight excluding hydrogens is 340 g/mol. The van der Waals surface area contributed by atoms with E-state index in [1.807, 2.05) is 11.4 Å². The zero-order valence-corrected chi connectivity index (χ0v) is 14.0. The van der Waals surface area contributed by atoms with Gasteiger partial charge >= 0.3 is 0 Å². The Morgan fingerprint density at radius 3 is 2.96 bits per heavy atom. The van der Waals surface area contributed by atoms with Crippen molar-refractivity contribution < 1.29 is 9.59 Å². The predicted molar refractivity (Wildman–Crippen MR) is 95.9 cm³/mol. The molecule has 1 aromatic carbocycles. The topological polar surface area (TPSA) is 84.3 Å². The highest BCUT2D eigenvalue weighted by Crippen LogP contribution is 2.29. The fourth-order valence-corrected chi connectivity index (χ4v) is 3.58. The number of carbonyl (C=O) groups excluding carboxylic acids is 2. The molecule has 1 N–H and O–H groups in total. The number of hydrogen-bond acceptors (Lipinski definition) is 5. The average Bonchev–Trinajstić information content (AvgIpc) is 3.09. The van der Waals surface area contributed by atoms with Crippen LogP contribution in [0.4, 0.5) is 11.4 Å². The minimum Gasteiger partial charge on any atom is -0.323 e. The van der Waals surface area contributed by atoms with Gasteiger partial charge in [-0.2, -0.15) is 0 Å². The quantitative estimate of drug-likeness (QED) is 0.778. The van der Waals surface area contributed by atoms with E-state index >= 15 is 0 Å². The van der Waals surface area contributed by atoms with Gasteiger partial charge in [0.1, 0.15) is 11.4 Å². The summed E-state index contributed by atoms with van der Waals surface area (Å²) >= 11 is 1.41. The number of para-hydroxylation sites is 2. The van der Waals surface area contributed by atoms with Gasteiger partial charge in [0.15, 0.2) is 0 Å². The third-order valence-electron chi connectivity index (χ3n) is 4.09. The van der Waals surface area contributed by atoms with Crippen LogP contribution in [0.3, 0.4) is 0 Å². The van der Waals surface area contributed by atoms with Gasteiger partial charge in [-0.25, -0.2) is 4.98 Å². The van der Waals surface area contributed by atoms with Crippen molar-refractivity contribution in [2.75, 3.05) is 16.8 Å². The van der Waals surface area contributed by atoms with Gasteiger partial charge in [0.2, 0.25) is 11.8 Å². The predicted octanol–water partition coefficient (Wildman–Crippen LogP) is 1.83. The summed E-state index contributed by atoms with van der Waals surface area (Å²) in [6, 6.07) is 8.90. The summed E-state index contributed by atoms with van der Waals surface area (Å²) in [7, 11) is 0. The highest BCUT2D eigenvalue weighted by atomic mass is 32.1. The number of thiophene rings is 1. The smallest absolute Gasteiger partial charge is 0.262 e. The maximum absolute atomic E-state index is 12.6. The average molecular weight is 354 g/mol. The van der Waals surface area contributed by atoms with Crippen molar-refractivity contribution in [2.24, 2.45) is 0 Å². The zero-order valence-electron chi connectivity index (χ0n) is 13.1. The summed E-state index contributed by atoms with van der Waals surface area (Å²) in [6.45, 7) is 0.198. The molecule has 0 atom stereocenters. The van der Waals surface area contributed by atoms with Crippen molar-refractivity contribution in [1.82, 2.24) is 9.55 Å². The maximum Gasteiger partial charge on any atom is 0.262 e. The Labute approximate surface area is 146 Å². The highest BCUT2D eigenvalue weighted by molar-refractivity contribution is 7.16. The van der Waals surface area contributed by atoms with Gasteiger partial charge in [-0.05, 0) is 23.6 Å². The van der Waals surface area contributed by atoms with Crippen molar-refractivity contribution >= 4 is 44.7 Å². The van der Waals surface area contributed by atoms with Gasteiger partial charge in [0, 0.05) is 13.0 Å². The van der Waals surface area contributed by atoms with E-state index in [-0.39, 0.29) is 36.9 Å². The number of fused-ring (bicyclic) bond motifs is 2. The molecule has 1 aliphatic heterocycles. The summed E-state index contributed by atoms with van der Waals surface area (Å²) in [5, 5.41) is 5.12. The zero-order chi connectivity index (χ0) is 17.4. The minimum absolute atomic E-state index is 0.0213. The first kappa shape index (κ1) is 15.5. The molecule has 4 rings (SSSR count). The van der Waals surface area contributed by atoms with E-state index in [1.165, 1.54) is 27.1 Å². The lowest BCUT2D eigenvalue weighted by Crippen LogP contribution is -2.42. The van der Waals surface area contributed by atoms with Crippen LogP contribution in [0.2, 0.25) is 0 Å². The lowest BCUT2D eigenvalue weighted by atomic mass is 10.2. The van der Waals surface area contributed by atoms with Gasteiger partial charge in [0.25, 0.3) is 5.56 Å². The first-order valence-corrected chi connectivity index (χ1v) is 8.63. The highest BCUT2D eigenvalue weighted by Gasteiger charge is 2.26. The number of nitrogens with one attached hydrogen (secondary N) is 1. The molecule has 3 heterocycles. The van der Waals surface area contributed by atoms with Crippen LogP contribution in [0.25, 0.3) is 10.2 Å². The Kier molecular flexibility index (Phi) is 3.81. The maximum atomic E-state index is 12.6. The molecule has 2 aromatic heterocycles. The van der Waals surface area contributed by atoms with Gasteiger partial charge in [-0.1, -0.05) is 12.1 Å². The lowest BCUT2D eigenvalue weighted by Gasteiger charge is -2.29. The second-order valence-corrected chi connectivity index (χ2v) is 6.57. The molecule has 0 aliphatic carbocycles. The fourth-order valence-electron chi connectivity index (χ4n) is 2.86. The van der Waals surface area contributed by atoms with E-state index < -0.39 is 0 Å². The minimum atomic E-state index is -0.231. The number of aromatic nitrogens is 2. The van der Waals surface area contributed by atoms with Crippen molar-refractivity contribution in [3.05, 3.63) is 52.4 Å². The van der Waals surface area contributed by atoms with E-state index in [1.54, 1.807) is 24.3 Å². The Bertz CT molecular complexity index is 1040. The van der Waals surface area contributed by atoms with Crippen LogP contribution < -0.4 is 15.8 Å². The van der Waals surface area contributed by atoms with Crippen LogP contribution in [-0.2, 0) is 16.1 Å². The number of benzene rings is 1. The number of carbonyl (C=O) groups is 2. The van der Waals surface area contributed by atoms with Crippen LogP contribution >= 0.6 is 11.3 Å². The largest absolute Gasteiger partial charge is 0.323 e. The molecule has 0 bridgehead atoms. The van der Waals surface area contributed by atoms with Crippen molar-refractivity contribution in [2.45, 2.75) is 13.0 Å². The van der Waals surface area contributed by atoms with Crippen LogP contribution in [0.15, 0.2) is 46.8 Å². The van der Waals surface area contributed by atoms with Gasteiger partial charge in [0.05, 0.1) is 23.1 Å². The summed E-state index contributed by atoms with van der Waals surface area (Å²) in [6.07, 6.45) is 1.57. The summed E-state index contributed by atoms with van der Waals surface area (Å²) in [5.74, 6) is -0.440. The standard InChI is InChI=1S/C17H14N4O3S/c22-14-9-21(13-4-2-1-3-12(13)19-14)15(23)5-7-20-10-18-16-11(17(20)24)6-8-25-16/h1-4,6,8,10H,5,7,9H2,(H,19,22). The Morgan fingerprint density at radius 1 is 1.24 bits per heavy atom. The molecular formula is C17H14N4O3S. The van der Waals surface area contributed by atoms with Crippen molar-refractivity contribution in [1.29, 1.82) is 0 Å². The van der Waals surface area contributed by atoms with Gasteiger partial charge < -0.3 is 10.2 Å². The Morgan fingerprint density at radius 2 is 2.08 bits per heavy atom. The van der Waals surface area contributed by atoms with E-state index in [2.05, 4.69) is 10.3 Å². The van der Waals surface area contributed by atoms with Crippen molar-refractivity contribution in [3.63, 3.8) is 0 Å². The molecule has 0 unspecified atom stereocenters. The van der Waals surface area contributed by atoms with Crippen LogP contribution in [-0.4, -0.2) is 27.9 Å². The second kappa shape index (κ2) is 6.14. The molecule has 3 aromatic rings. The molecule has 126 valence electrons. The molecule has 25 heavy (non-hydrogen) atoms. The third-order valence-corrected chi connectivity index (χ3v) is 4.91. The number of nitrogens with zero attached hydrogens (tertiary/aromatic N) is 3. The summed E-state index contributed by atoms with van der Waals surface area (Å²) in [4.78, 5) is 43.2. The molecule has 0 spiro atoms. The molecule has 1 aliphatic rings. The summed E-state index contributed by atoms with van der Waals surface area (Å²) < 4.78 is 1.43. The SMILES string of the molecule is O=C1CN(C(=O)CCn2cnc3sccc3c2=O)c2ccccc2N1. The first-order chi connectivity index (χ1) is 12.1. The lowest BCUT2D eigenvalue weighted by molar-refractivity contribution is -0.122. The third kappa shape index (κ3) is 2.80. The monoisotopic (exact) mass is 354 g/mol. The van der Waals surface area contributed by atoms with Crippen molar-refractivity contribution in [3.8, 4) is 0 Å². The number of amides is 2. The number of rotatable bonds is 3. The molecule has 0 saturated carbocycles. The van der Waals surface area contributed by atoms with E-state index in [0.29, 0.717) is 21.6 Å². The molecule has 0 radical (unpaired) electrons. The molecule has 2 amide bonds.